The normalized spacial score (nSPS) is 14.6. The number of carbonyl (C=O) groups is 2. The first kappa shape index (κ1) is 59.7. The Morgan fingerprint density at radius 2 is 0.933 bits per heavy atom. The molecule has 0 amide bonds. The van der Waals surface area contributed by atoms with Crippen LogP contribution >= 0.6 is 31.9 Å². The number of hydrogen-bond acceptors (Lipinski definition) is 6. The molecule has 2 aromatic heterocycles. The molecule has 0 spiro atoms. The third-order valence-electron chi connectivity index (χ3n) is 10.6. The third kappa shape index (κ3) is 11.7. The molecule has 0 aliphatic carbocycles. The number of fused-ring (bicyclic) bond motifs is 2. The largest absolute Gasteiger partial charge is 0.618 e. The number of aromatic nitrogens is 2. The Morgan fingerprint density at radius 1 is 0.533 bits per heavy atom. The second-order valence-corrected chi connectivity index (χ2v) is 17.0. The van der Waals surface area contributed by atoms with Crippen LogP contribution in [0.3, 0.4) is 0 Å². The van der Waals surface area contributed by atoms with E-state index in [0.29, 0.717) is 15.6 Å². The summed E-state index contributed by atoms with van der Waals surface area (Å²) in [5, 5.41) is 12.5. The first-order chi connectivity index (χ1) is 34.2. The molecule has 0 saturated carbocycles. The predicted octanol–water partition coefficient (Wildman–Crippen LogP) is 15.1. The number of halogens is 24. The molecule has 4 aromatic carbocycles. The first-order valence-electron chi connectivity index (χ1n) is 19.7. The van der Waals surface area contributed by atoms with Crippen LogP contribution in [0.5, 0.6) is 11.5 Å². The van der Waals surface area contributed by atoms with E-state index < -0.39 is 134 Å². The highest BCUT2D eigenvalue weighted by Crippen LogP contribution is 2.61. The van der Waals surface area contributed by atoms with Crippen LogP contribution in [0.15, 0.2) is 106 Å². The van der Waals surface area contributed by atoms with Crippen molar-refractivity contribution in [2.24, 2.45) is 0 Å². The molecule has 31 heteroatoms. The zero-order valence-electron chi connectivity index (χ0n) is 35.8. The number of ether oxygens (including phenoxy) is 2. The first-order valence-corrected chi connectivity index (χ1v) is 21.3. The summed E-state index contributed by atoms with van der Waals surface area (Å²) < 4.78 is 301. The molecule has 7 nitrogen and oxygen atoms in total. The molecule has 0 saturated heterocycles. The minimum absolute atomic E-state index is 0.0294. The molecule has 2 heterocycles. The van der Waals surface area contributed by atoms with Gasteiger partial charge >= 0.3 is 61.1 Å². The number of benzene rings is 4. The van der Waals surface area contributed by atoms with Crippen molar-refractivity contribution >= 4 is 65.2 Å². The standard InChI is InChI=1S/C22H11BrF11NO3.C22H11BrF11NO2/c23-14-7-12(19(26,21(29,30)31)20(27,28)22(32,33)34)8-17(38-18(24)25)13(14)9-16(36)11-3-4-15-10(6-11)2-1-5-35(15)37;23-14-7-12(19(26,21(29,30)31)20(27,28)22(32,33)34)8-17(37-18(24)25)13(14)9-16(36)11-3-4-15-10(6-11)2-1-5-35-15/h1-8,18H,9H2;1-8,18H,9H2. The van der Waals surface area contributed by atoms with E-state index in [0.717, 1.165) is 12.3 Å². The number of rotatable bonds is 14. The van der Waals surface area contributed by atoms with Crippen molar-refractivity contribution in [3.63, 3.8) is 0 Å². The predicted molar refractivity (Wildman–Crippen MR) is 222 cm³/mol. The van der Waals surface area contributed by atoms with Crippen LogP contribution in [-0.2, 0) is 24.2 Å². The maximum Gasteiger partial charge on any atom is 0.457 e. The maximum atomic E-state index is 14.9. The van der Waals surface area contributed by atoms with Gasteiger partial charge in [0.25, 0.3) is 0 Å². The van der Waals surface area contributed by atoms with Gasteiger partial charge in [-0.1, -0.05) is 37.9 Å². The Kier molecular flexibility index (Phi) is 16.8. The van der Waals surface area contributed by atoms with Crippen molar-refractivity contribution < 1.29 is 120 Å². The number of pyridine rings is 2. The summed E-state index contributed by atoms with van der Waals surface area (Å²) in [7, 11) is 0. The minimum atomic E-state index is -7.05. The molecule has 0 bridgehead atoms. The average molecular weight is 1240 g/mol. The van der Waals surface area contributed by atoms with Gasteiger partial charge in [-0.25, -0.2) is 8.78 Å². The van der Waals surface area contributed by atoms with Crippen LogP contribution in [-0.4, -0.2) is 66.3 Å². The number of carbonyl (C=O) groups excluding carboxylic acids is 2. The smallest absolute Gasteiger partial charge is 0.457 e. The van der Waals surface area contributed by atoms with Crippen LogP contribution in [0.4, 0.5) is 96.6 Å². The Bertz CT molecular complexity index is 3110. The molecule has 2 unspecified atom stereocenters. The number of Topliss-reactive ketones (excluding diaryl/α,β-unsaturated/α-hetero) is 2. The SMILES string of the molecule is O=C(Cc1c(Br)cc(C(F)(C(F)(F)F)C(F)(F)C(F)(F)F)cc1OC(F)F)c1ccc2c(ccc[n+]2[O-])c1.O=C(Cc1c(Br)cc(C(F)(C(F)(F)F)C(F)(F)C(F)(F)F)cc1OC(F)F)c1ccc2ncccc2c1. The van der Waals surface area contributed by atoms with Gasteiger partial charge in [-0.2, -0.15) is 92.5 Å². The fraction of sp³-hybridized carbons (Fsp3) is 0.273. The highest BCUT2D eigenvalue weighted by molar-refractivity contribution is 9.10. The molecule has 0 aliphatic heterocycles. The topological polar surface area (TPSA) is 92.4 Å². The lowest BCUT2D eigenvalue weighted by atomic mass is 9.86. The molecule has 0 aliphatic rings. The van der Waals surface area contributed by atoms with E-state index in [4.69, 9.17) is 0 Å². The van der Waals surface area contributed by atoms with E-state index in [9.17, 15) is 111 Å². The Morgan fingerprint density at radius 3 is 1.33 bits per heavy atom. The Labute approximate surface area is 419 Å². The fourth-order valence-electron chi connectivity index (χ4n) is 6.94. The average Bonchev–Trinajstić information content (AvgIpc) is 3.28. The molecule has 2 atom stereocenters. The lowest BCUT2D eigenvalue weighted by Gasteiger charge is -2.36. The minimum Gasteiger partial charge on any atom is -0.618 e. The van der Waals surface area contributed by atoms with Crippen molar-refractivity contribution in [3.8, 4) is 11.5 Å². The van der Waals surface area contributed by atoms with Crippen molar-refractivity contribution in [2.45, 2.75) is 74.0 Å². The molecule has 6 rings (SSSR count). The molecule has 6 aromatic rings. The molecule has 75 heavy (non-hydrogen) atoms. The summed E-state index contributed by atoms with van der Waals surface area (Å²) in [6, 6.07) is 12.6. The molecular formula is C44H22Br2F22N2O5. The Hall–Kier alpha value is -6.14. The zero-order chi connectivity index (χ0) is 56.8. The second-order valence-electron chi connectivity index (χ2n) is 15.3. The number of ketones is 2. The summed E-state index contributed by atoms with van der Waals surface area (Å²) in [5.74, 6) is -18.7. The van der Waals surface area contributed by atoms with Gasteiger partial charge in [-0.15, -0.1) is 0 Å². The Balaban J connectivity index is 0.000000277. The number of alkyl halides is 22. The second kappa shape index (κ2) is 21.1. The lowest BCUT2D eigenvalue weighted by Crippen LogP contribution is -2.59. The summed E-state index contributed by atoms with van der Waals surface area (Å²) in [5.41, 5.74) is -18.5. The fourth-order valence-corrected chi connectivity index (χ4v) is 8.11. The van der Waals surface area contributed by atoms with Gasteiger partial charge in [-0.05, 0) is 66.7 Å². The van der Waals surface area contributed by atoms with Crippen LogP contribution in [0.2, 0.25) is 0 Å². The van der Waals surface area contributed by atoms with Gasteiger partial charge in [0.1, 0.15) is 11.5 Å². The van der Waals surface area contributed by atoms with Crippen LogP contribution in [0.1, 0.15) is 43.0 Å². The summed E-state index contributed by atoms with van der Waals surface area (Å²) in [6.07, 6.45) is -27.0. The van der Waals surface area contributed by atoms with Gasteiger partial charge < -0.3 is 14.7 Å². The molecule has 0 radical (unpaired) electrons. The van der Waals surface area contributed by atoms with Crippen LogP contribution in [0, 0.1) is 5.21 Å². The van der Waals surface area contributed by atoms with Crippen molar-refractivity contribution in [1.82, 2.24) is 4.98 Å². The van der Waals surface area contributed by atoms with E-state index >= 15 is 0 Å². The van der Waals surface area contributed by atoms with Gasteiger partial charge in [-0.3, -0.25) is 14.6 Å². The summed E-state index contributed by atoms with van der Waals surface area (Å²) in [4.78, 5) is 29.6. The molecular weight excluding hydrogens is 1210 g/mol. The van der Waals surface area contributed by atoms with Crippen molar-refractivity contribution in [1.29, 1.82) is 0 Å². The maximum absolute atomic E-state index is 14.9. The van der Waals surface area contributed by atoms with E-state index in [-0.39, 0.29) is 40.2 Å². The summed E-state index contributed by atoms with van der Waals surface area (Å²) in [6.45, 7) is -7.69. The summed E-state index contributed by atoms with van der Waals surface area (Å²) >= 11 is 5.09. The zero-order valence-corrected chi connectivity index (χ0v) is 39.0. The third-order valence-corrected chi connectivity index (χ3v) is 12.0. The van der Waals surface area contributed by atoms with Crippen molar-refractivity contribution in [3.05, 3.63) is 145 Å². The number of nitrogens with zero attached hydrogens (tertiary/aromatic N) is 2. The monoisotopic (exact) mass is 1230 g/mol. The van der Waals surface area contributed by atoms with E-state index in [1.165, 1.54) is 48.7 Å². The highest BCUT2D eigenvalue weighted by Gasteiger charge is 2.83. The van der Waals surface area contributed by atoms with Gasteiger partial charge in [0, 0.05) is 84.3 Å². The molecule has 0 fully saturated rings. The van der Waals surface area contributed by atoms with Gasteiger partial charge in [0.15, 0.2) is 17.8 Å². The van der Waals surface area contributed by atoms with Gasteiger partial charge in [0.05, 0.1) is 5.52 Å². The van der Waals surface area contributed by atoms with E-state index in [1.54, 1.807) is 12.1 Å². The highest BCUT2D eigenvalue weighted by atomic mass is 79.9. The molecule has 0 N–H and O–H groups in total. The molecule has 406 valence electrons. The van der Waals surface area contributed by atoms with Crippen LogP contribution in [0.25, 0.3) is 21.8 Å². The van der Waals surface area contributed by atoms with Gasteiger partial charge in [0.2, 0.25) is 5.52 Å². The van der Waals surface area contributed by atoms with E-state index in [2.05, 4.69) is 46.3 Å². The lowest BCUT2D eigenvalue weighted by molar-refractivity contribution is -0.577. The van der Waals surface area contributed by atoms with E-state index in [1.807, 2.05) is 0 Å². The van der Waals surface area contributed by atoms with Crippen molar-refractivity contribution in [2.75, 3.05) is 0 Å². The quantitative estimate of drug-likeness (QED) is 0.0467. The number of hydrogen-bond donors (Lipinski definition) is 0. The van der Waals surface area contributed by atoms with Crippen LogP contribution < -0.4 is 14.2 Å².